The van der Waals surface area contributed by atoms with Gasteiger partial charge in [-0.1, -0.05) is 11.8 Å². The van der Waals surface area contributed by atoms with Crippen molar-refractivity contribution in [3.63, 3.8) is 0 Å². The van der Waals surface area contributed by atoms with E-state index < -0.39 is 0 Å². The van der Waals surface area contributed by atoms with Crippen LogP contribution in [0.15, 0.2) is 52.7 Å². The van der Waals surface area contributed by atoms with E-state index in [0.717, 1.165) is 23.1 Å². The van der Waals surface area contributed by atoms with Crippen molar-refractivity contribution in [2.24, 2.45) is 5.10 Å². The molecule has 3 aromatic rings. The van der Waals surface area contributed by atoms with Crippen LogP contribution in [-0.4, -0.2) is 54.1 Å². The molecule has 3 rings (SSSR count). The van der Waals surface area contributed by atoms with Gasteiger partial charge >= 0.3 is 0 Å². The third kappa shape index (κ3) is 5.82. The molecule has 0 saturated heterocycles. The van der Waals surface area contributed by atoms with E-state index in [0.29, 0.717) is 22.3 Å². The molecule has 0 bridgehead atoms. The van der Waals surface area contributed by atoms with Gasteiger partial charge in [-0.3, -0.25) is 4.79 Å². The van der Waals surface area contributed by atoms with Crippen molar-refractivity contribution < 1.29 is 19.0 Å². The molecular formula is C20H23N7O4S. The van der Waals surface area contributed by atoms with Crippen molar-refractivity contribution in [1.82, 2.24) is 14.9 Å². The zero-order valence-corrected chi connectivity index (χ0v) is 18.5. The Kier molecular flexibility index (Phi) is 7.75. The summed E-state index contributed by atoms with van der Waals surface area (Å²) >= 11 is 1.14. The minimum Gasteiger partial charge on any atom is -0.497 e. The molecule has 0 atom stereocenters. The summed E-state index contributed by atoms with van der Waals surface area (Å²) in [5.74, 6) is 7.91. The lowest BCUT2D eigenvalue weighted by Crippen LogP contribution is -2.17. The first-order valence-electron chi connectivity index (χ1n) is 9.32. The molecule has 11 nitrogen and oxygen atoms in total. The molecule has 1 aromatic heterocycles. The highest BCUT2D eigenvalue weighted by Crippen LogP contribution is 2.29. The maximum atomic E-state index is 12.3. The Balaban J connectivity index is 1.52. The zero-order valence-electron chi connectivity index (χ0n) is 17.7. The summed E-state index contributed by atoms with van der Waals surface area (Å²) in [4.78, 5) is 12.3. The fraction of sp³-hybridized carbons (Fsp3) is 0.200. The number of amides is 1. The Morgan fingerprint density at radius 1 is 1.09 bits per heavy atom. The molecule has 0 radical (unpaired) electrons. The van der Waals surface area contributed by atoms with Crippen molar-refractivity contribution in [1.29, 1.82) is 0 Å². The van der Waals surface area contributed by atoms with Crippen LogP contribution in [-0.2, 0) is 4.79 Å². The molecule has 0 aliphatic carbocycles. The maximum absolute atomic E-state index is 12.3. The van der Waals surface area contributed by atoms with E-state index in [9.17, 15) is 4.79 Å². The summed E-state index contributed by atoms with van der Waals surface area (Å²) in [6.45, 7) is 0. The number of anilines is 2. The SMILES string of the molecule is COc1ccc(/C=N/Nc2nnc(SCC(=O)Nc3ccc(OC)c(OC)c3)n2N)cc1. The summed E-state index contributed by atoms with van der Waals surface area (Å²) in [6.07, 6.45) is 1.61. The van der Waals surface area contributed by atoms with Crippen molar-refractivity contribution >= 4 is 35.5 Å². The first kappa shape index (κ1) is 22.7. The van der Waals surface area contributed by atoms with E-state index in [1.54, 1.807) is 38.6 Å². The smallest absolute Gasteiger partial charge is 0.264 e. The Labute approximate surface area is 188 Å². The number of ether oxygens (including phenoxy) is 3. The third-order valence-electron chi connectivity index (χ3n) is 4.16. The quantitative estimate of drug-likeness (QED) is 0.181. The summed E-state index contributed by atoms with van der Waals surface area (Å²) in [5, 5.41) is 15.1. The van der Waals surface area contributed by atoms with Gasteiger partial charge in [0.1, 0.15) is 5.75 Å². The molecule has 168 valence electrons. The molecular weight excluding hydrogens is 434 g/mol. The van der Waals surface area contributed by atoms with Gasteiger partial charge in [0.2, 0.25) is 11.1 Å². The van der Waals surface area contributed by atoms with Crippen molar-refractivity contribution in [2.75, 3.05) is 43.7 Å². The Morgan fingerprint density at radius 3 is 2.53 bits per heavy atom. The lowest BCUT2D eigenvalue weighted by Gasteiger charge is -2.10. The second kappa shape index (κ2) is 10.9. The number of hydrogen-bond donors (Lipinski definition) is 3. The highest BCUT2D eigenvalue weighted by atomic mass is 32.2. The third-order valence-corrected chi connectivity index (χ3v) is 5.10. The van der Waals surface area contributed by atoms with E-state index in [1.165, 1.54) is 11.8 Å². The van der Waals surface area contributed by atoms with Gasteiger partial charge in [0.05, 0.1) is 33.3 Å². The van der Waals surface area contributed by atoms with Gasteiger partial charge in [0, 0.05) is 11.8 Å². The number of carbonyl (C=O) groups is 1. The molecule has 1 amide bonds. The minimum atomic E-state index is -0.239. The van der Waals surface area contributed by atoms with Crippen LogP contribution in [0.25, 0.3) is 0 Å². The number of methoxy groups -OCH3 is 3. The minimum absolute atomic E-state index is 0.0821. The molecule has 0 spiro atoms. The molecule has 0 aliphatic rings. The summed E-state index contributed by atoms with van der Waals surface area (Å²) in [6, 6.07) is 12.5. The van der Waals surface area contributed by atoms with Crippen LogP contribution in [0.5, 0.6) is 17.2 Å². The number of benzene rings is 2. The Morgan fingerprint density at radius 2 is 1.84 bits per heavy atom. The fourth-order valence-corrected chi connectivity index (χ4v) is 3.20. The van der Waals surface area contributed by atoms with Crippen LogP contribution in [0, 0.1) is 0 Å². The number of thioether (sulfide) groups is 1. The monoisotopic (exact) mass is 457 g/mol. The van der Waals surface area contributed by atoms with Crippen molar-refractivity contribution in [3.8, 4) is 17.2 Å². The van der Waals surface area contributed by atoms with E-state index in [-0.39, 0.29) is 17.6 Å². The van der Waals surface area contributed by atoms with Crippen LogP contribution in [0.1, 0.15) is 5.56 Å². The fourth-order valence-electron chi connectivity index (χ4n) is 2.55. The van der Waals surface area contributed by atoms with Crippen molar-refractivity contribution in [2.45, 2.75) is 5.16 Å². The van der Waals surface area contributed by atoms with E-state index in [4.69, 9.17) is 20.1 Å². The number of carbonyl (C=O) groups excluding carboxylic acids is 1. The molecule has 0 fully saturated rings. The van der Waals surface area contributed by atoms with Crippen molar-refractivity contribution in [3.05, 3.63) is 48.0 Å². The lowest BCUT2D eigenvalue weighted by molar-refractivity contribution is -0.113. The Hall–Kier alpha value is -3.93. The van der Waals surface area contributed by atoms with E-state index in [2.05, 4.69) is 26.0 Å². The highest BCUT2D eigenvalue weighted by Gasteiger charge is 2.13. The van der Waals surface area contributed by atoms with Gasteiger partial charge in [0.25, 0.3) is 5.95 Å². The molecule has 1 heterocycles. The molecule has 32 heavy (non-hydrogen) atoms. The number of aromatic nitrogens is 3. The van der Waals surface area contributed by atoms with E-state index in [1.807, 2.05) is 24.3 Å². The van der Waals surface area contributed by atoms with Crippen LogP contribution in [0.4, 0.5) is 11.6 Å². The second-order valence-electron chi connectivity index (χ2n) is 6.23. The van der Waals surface area contributed by atoms with Gasteiger partial charge in [-0.15, -0.1) is 10.2 Å². The largest absolute Gasteiger partial charge is 0.497 e. The van der Waals surface area contributed by atoms with Crippen LogP contribution < -0.4 is 30.8 Å². The van der Waals surface area contributed by atoms with Gasteiger partial charge in [-0.25, -0.2) is 10.1 Å². The zero-order chi connectivity index (χ0) is 22.9. The number of rotatable bonds is 10. The number of nitrogens with two attached hydrogens (primary N) is 1. The summed E-state index contributed by atoms with van der Waals surface area (Å²) in [7, 11) is 4.68. The molecule has 0 aliphatic heterocycles. The van der Waals surface area contributed by atoms with Gasteiger partial charge in [-0.05, 0) is 42.0 Å². The second-order valence-corrected chi connectivity index (χ2v) is 7.17. The molecule has 0 unspecified atom stereocenters. The predicted molar refractivity (Wildman–Crippen MR) is 123 cm³/mol. The van der Waals surface area contributed by atoms with Gasteiger partial charge < -0.3 is 25.4 Å². The highest BCUT2D eigenvalue weighted by molar-refractivity contribution is 7.99. The first-order chi connectivity index (χ1) is 15.5. The number of nitrogens with one attached hydrogen (secondary N) is 2. The number of hydrazone groups is 1. The molecule has 12 heteroatoms. The Bertz CT molecular complexity index is 1090. The standard InChI is InChI=1S/C20H23N7O4S/c1-29-15-7-4-13(5-8-15)11-22-24-19-25-26-20(27(19)21)32-12-18(28)23-14-6-9-16(30-2)17(10-14)31-3/h4-11H,12,21H2,1-3H3,(H,23,28)(H,24,25)/b22-11+. The molecule has 0 saturated carbocycles. The first-order valence-corrected chi connectivity index (χ1v) is 10.3. The number of nitrogen functional groups attached to an aromatic ring is 1. The summed E-state index contributed by atoms with van der Waals surface area (Å²) < 4.78 is 16.8. The summed E-state index contributed by atoms with van der Waals surface area (Å²) in [5.41, 5.74) is 4.17. The van der Waals surface area contributed by atoms with Crippen LogP contribution in [0.3, 0.4) is 0 Å². The average molecular weight is 458 g/mol. The van der Waals surface area contributed by atoms with Gasteiger partial charge in [-0.2, -0.15) is 5.10 Å². The van der Waals surface area contributed by atoms with Crippen LogP contribution >= 0.6 is 11.8 Å². The van der Waals surface area contributed by atoms with E-state index >= 15 is 0 Å². The number of hydrogen-bond acceptors (Lipinski definition) is 10. The van der Waals surface area contributed by atoms with Gasteiger partial charge in [0.15, 0.2) is 11.5 Å². The lowest BCUT2D eigenvalue weighted by atomic mass is 10.2. The van der Waals surface area contributed by atoms with Crippen LogP contribution in [0.2, 0.25) is 0 Å². The number of nitrogens with zero attached hydrogens (tertiary/aromatic N) is 4. The maximum Gasteiger partial charge on any atom is 0.264 e. The topological polar surface area (TPSA) is 138 Å². The normalized spacial score (nSPS) is 10.7. The average Bonchev–Trinajstić information content (AvgIpc) is 3.17. The molecule has 2 aromatic carbocycles. The predicted octanol–water partition coefficient (Wildman–Crippen LogP) is 2.19. The molecule has 4 N–H and O–H groups in total.